The van der Waals surface area contributed by atoms with Crippen molar-refractivity contribution < 1.29 is 19.4 Å². The summed E-state index contributed by atoms with van der Waals surface area (Å²) in [7, 11) is 0. The van der Waals surface area contributed by atoms with E-state index in [4.69, 9.17) is 4.74 Å². The Hall–Kier alpha value is -1.14. The maximum atomic E-state index is 12.2. The van der Waals surface area contributed by atoms with Crippen molar-refractivity contribution in [2.75, 3.05) is 26.3 Å². The number of amides is 1. The van der Waals surface area contributed by atoms with Crippen LogP contribution in [0.15, 0.2) is 0 Å². The second-order valence-electron chi connectivity index (χ2n) is 6.02. The average Bonchev–Trinajstić information content (AvgIpc) is 2.95. The molecule has 2 atom stereocenters. The summed E-state index contributed by atoms with van der Waals surface area (Å²) in [5.74, 6) is -1.38. The van der Waals surface area contributed by atoms with E-state index in [1.54, 1.807) is 0 Å². The third-order valence-corrected chi connectivity index (χ3v) is 4.56. The van der Waals surface area contributed by atoms with Gasteiger partial charge in [-0.2, -0.15) is 0 Å². The lowest BCUT2D eigenvalue weighted by molar-refractivity contribution is -0.143. The largest absolute Gasteiger partial charge is 0.481 e. The Labute approximate surface area is 125 Å². The molecule has 2 N–H and O–H groups in total. The number of carbonyl (C=O) groups is 2. The molecule has 21 heavy (non-hydrogen) atoms. The average molecular weight is 298 g/mol. The highest BCUT2D eigenvalue weighted by Gasteiger charge is 2.38. The lowest BCUT2D eigenvalue weighted by Gasteiger charge is -2.30. The van der Waals surface area contributed by atoms with Crippen molar-refractivity contribution in [3.8, 4) is 0 Å². The van der Waals surface area contributed by atoms with Crippen LogP contribution in [0.5, 0.6) is 0 Å². The number of nitrogens with one attached hydrogen (secondary N) is 1. The van der Waals surface area contributed by atoms with E-state index < -0.39 is 11.9 Å². The van der Waals surface area contributed by atoms with Crippen molar-refractivity contribution in [1.29, 1.82) is 0 Å². The number of carboxylic acids is 1. The highest BCUT2D eigenvalue weighted by Crippen LogP contribution is 2.20. The van der Waals surface area contributed by atoms with E-state index in [0.29, 0.717) is 19.2 Å². The number of ether oxygens (including phenoxy) is 1. The molecule has 1 saturated carbocycles. The van der Waals surface area contributed by atoms with E-state index >= 15 is 0 Å². The molecule has 120 valence electrons. The normalized spacial score (nSPS) is 27.0. The van der Waals surface area contributed by atoms with E-state index in [1.807, 2.05) is 11.8 Å². The first-order valence-electron chi connectivity index (χ1n) is 7.95. The van der Waals surface area contributed by atoms with Crippen LogP contribution < -0.4 is 5.32 Å². The third kappa shape index (κ3) is 4.41. The standard InChI is InChI=1S/C15H26N2O4/c1-2-17(13-10-21-9-12(13)15(19)20)8-14(18)16-11-6-4-3-5-7-11/h11-13H,2-10H2,1H3,(H,16,18)(H,19,20). The summed E-state index contributed by atoms with van der Waals surface area (Å²) in [5.41, 5.74) is 0. The van der Waals surface area contributed by atoms with Crippen LogP contribution in [0.25, 0.3) is 0 Å². The molecule has 0 aromatic heterocycles. The summed E-state index contributed by atoms with van der Waals surface area (Å²) in [6.07, 6.45) is 5.73. The first-order chi connectivity index (χ1) is 10.1. The van der Waals surface area contributed by atoms with Crippen LogP contribution in [-0.4, -0.2) is 60.3 Å². The van der Waals surface area contributed by atoms with Crippen LogP contribution in [0.1, 0.15) is 39.0 Å². The lowest BCUT2D eigenvalue weighted by Crippen LogP contribution is -2.49. The number of hydrogen-bond acceptors (Lipinski definition) is 4. The minimum absolute atomic E-state index is 0.000196. The maximum Gasteiger partial charge on any atom is 0.310 e. The van der Waals surface area contributed by atoms with Crippen LogP contribution in [0.2, 0.25) is 0 Å². The van der Waals surface area contributed by atoms with E-state index in [-0.39, 0.29) is 25.1 Å². The van der Waals surface area contributed by atoms with Crippen molar-refractivity contribution in [2.45, 2.75) is 51.1 Å². The zero-order valence-electron chi connectivity index (χ0n) is 12.7. The molecule has 0 aromatic carbocycles. The van der Waals surface area contributed by atoms with E-state index in [9.17, 15) is 14.7 Å². The Kier molecular flexibility index (Phi) is 5.99. The van der Waals surface area contributed by atoms with Gasteiger partial charge in [0.25, 0.3) is 0 Å². The highest BCUT2D eigenvalue weighted by atomic mass is 16.5. The van der Waals surface area contributed by atoms with Gasteiger partial charge in [-0.3, -0.25) is 14.5 Å². The second kappa shape index (κ2) is 7.75. The quantitative estimate of drug-likeness (QED) is 0.760. The van der Waals surface area contributed by atoms with Gasteiger partial charge in [0, 0.05) is 12.1 Å². The summed E-state index contributed by atoms with van der Waals surface area (Å²) < 4.78 is 5.29. The molecule has 2 aliphatic rings. The van der Waals surface area contributed by atoms with Gasteiger partial charge in [-0.25, -0.2) is 0 Å². The number of likely N-dealkylation sites (N-methyl/N-ethyl adjacent to an activating group) is 1. The number of hydrogen-bond donors (Lipinski definition) is 2. The maximum absolute atomic E-state index is 12.2. The molecule has 0 bridgehead atoms. The fraction of sp³-hybridized carbons (Fsp3) is 0.867. The van der Waals surface area contributed by atoms with Crippen molar-refractivity contribution in [3.05, 3.63) is 0 Å². The van der Waals surface area contributed by atoms with Crippen LogP contribution in [0.3, 0.4) is 0 Å². The topological polar surface area (TPSA) is 78.9 Å². The van der Waals surface area contributed by atoms with Gasteiger partial charge in [0.05, 0.1) is 25.7 Å². The molecular formula is C15H26N2O4. The SMILES string of the molecule is CCN(CC(=O)NC1CCCCC1)C1COCC1C(=O)O. The number of carboxylic acid groups (broad SMARTS) is 1. The summed E-state index contributed by atoms with van der Waals surface area (Å²) in [5, 5.41) is 12.3. The van der Waals surface area contributed by atoms with Gasteiger partial charge in [-0.15, -0.1) is 0 Å². The zero-order valence-corrected chi connectivity index (χ0v) is 12.7. The summed E-state index contributed by atoms with van der Waals surface area (Å²) >= 11 is 0. The molecule has 2 fully saturated rings. The van der Waals surface area contributed by atoms with Gasteiger partial charge < -0.3 is 15.2 Å². The molecular weight excluding hydrogens is 272 g/mol. The van der Waals surface area contributed by atoms with Gasteiger partial charge in [0.1, 0.15) is 0 Å². The predicted octanol–water partition coefficient (Wildman–Crippen LogP) is 0.857. The van der Waals surface area contributed by atoms with Crippen LogP contribution in [0, 0.1) is 5.92 Å². The number of carbonyl (C=O) groups excluding carboxylic acids is 1. The van der Waals surface area contributed by atoms with Gasteiger partial charge in [0.2, 0.25) is 5.91 Å². The van der Waals surface area contributed by atoms with E-state index in [0.717, 1.165) is 12.8 Å². The number of rotatable bonds is 6. The Morgan fingerprint density at radius 3 is 2.57 bits per heavy atom. The lowest BCUT2D eigenvalue weighted by atomic mass is 9.95. The molecule has 1 heterocycles. The molecule has 0 spiro atoms. The molecule has 2 unspecified atom stereocenters. The van der Waals surface area contributed by atoms with Crippen LogP contribution >= 0.6 is 0 Å². The fourth-order valence-corrected chi connectivity index (χ4v) is 3.31. The molecule has 1 saturated heterocycles. The second-order valence-corrected chi connectivity index (χ2v) is 6.02. The molecule has 0 aromatic rings. The van der Waals surface area contributed by atoms with E-state index in [1.165, 1.54) is 19.3 Å². The van der Waals surface area contributed by atoms with Gasteiger partial charge in [-0.05, 0) is 19.4 Å². The smallest absolute Gasteiger partial charge is 0.310 e. The van der Waals surface area contributed by atoms with E-state index in [2.05, 4.69) is 5.32 Å². The Bertz CT molecular complexity index is 369. The van der Waals surface area contributed by atoms with Crippen molar-refractivity contribution >= 4 is 11.9 Å². The minimum atomic E-state index is -0.844. The molecule has 6 heteroatoms. The van der Waals surface area contributed by atoms with Crippen LogP contribution in [0.4, 0.5) is 0 Å². The summed E-state index contributed by atoms with van der Waals surface area (Å²) in [6.45, 7) is 3.48. The van der Waals surface area contributed by atoms with Gasteiger partial charge in [0.15, 0.2) is 0 Å². The first kappa shape index (κ1) is 16.2. The van der Waals surface area contributed by atoms with Crippen molar-refractivity contribution in [2.24, 2.45) is 5.92 Å². The highest BCUT2D eigenvalue weighted by molar-refractivity contribution is 5.78. The molecule has 0 radical (unpaired) electrons. The Morgan fingerprint density at radius 2 is 1.95 bits per heavy atom. The van der Waals surface area contributed by atoms with Gasteiger partial charge >= 0.3 is 5.97 Å². The molecule has 6 nitrogen and oxygen atoms in total. The fourth-order valence-electron chi connectivity index (χ4n) is 3.31. The summed E-state index contributed by atoms with van der Waals surface area (Å²) in [6, 6.07) is 0.0876. The summed E-state index contributed by atoms with van der Waals surface area (Å²) in [4.78, 5) is 25.3. The number of aliphatic carboxylic acids is 1. The molecule has 1 aliphatic heterocycles. The number of nitrogens with zero attached hydrogens (tertiary/aromatic N) is 1. The molecule has 1 aliphatic carbocycles. The van der Waals surface area contributed by atoms with Gasteiger partial charge in [-0.1, -0.05) is 26.2 Å². The first-order valence-corrected chi connectivity index (χ1v) is 7.95. The zero-order chi connectivity index (χ0) is 15.2. The Balaban J connectivity index is 1.86. The van der Waals surface area contributed by atoms with Crippen molar-refractivity contribution in [1.82, 2.24) is 10.2 Å². The van der Waals surface area contributed by atoms with Crippen LogP contribution in [-0.2, 0) is 14.3 Å². The monoisotopic (exact) mass is 298 g/mol. The predicted molar refractivity (Wildman–Crippen MR) is 78.0 cm³/mol. The minimum Gasteiger partial charge on any atom is -0.481 e. The third-order valence-electron chi connectivity index (χ3n) is 4.56. The Morgan fingerprint density at radius 1 is 1.24 bits per heavy atom. The molecule has 1 amide bonds. The van der Waals surface area contributed by atoms with Crippen molar-refractivity contribution in [3.63, 3.8) is 0 Å². The molecule has 2 rings (SSSR count).